The van der Waals surface area contributed by atoms with E-state index in [0.29, 0.717) is 0 Å². The molecule has 84 heavy (non-hydrogen) atoms. The molecule has 0 aromatic heterocycles. The van der Waals surface area contributed by atoms with Gasteiger partial charge in [-0.15, -0.1) is 0 Å². The monoisotopic (exact) mass is 1060 g/mol. The highest BCUT2D eigenvalue weighted by Gasteiger charge is 2.16. The zero-order chi connectivity index (χ0) is 55.5. The maximum Gasteiger partial charge on any atom is -0.00268 e. The Morgan fingerprint density at radius 1 is 0.107 bits per heavy atom. The first kappa shape index (κ1) is 48.9. The standard InChI is InChI=1S/C84H54/c1-7-19-76-67(13-1)49-68-14-2-8-20-77(68)82(76)64-43-37-58(38-44-64)55-25-31-61(32-26-55)73-52-74(62-33-27-56(28-34-62)59-39-45-65(46-40-59)83-78-21-9-3-15-69(78)50-70-16-4-10-22-79(70)83)54-75(53-73)63-35-29-57(30-36-63)60-41-47-66(48-42-60)84-80-23-11-5-17-71(80)51-72-18-6-12-24-81(72)84/h1-54H. The van der Waals surface area contributed by atoms with Gasteiger partial charge >= 0.3 is 0 Å². The molecule has 0 nitrogen and oxygen atoms in total. The Morgan fingerprint density at radius 2 is 0.250 bits per heavy atom. The van der Waals surface area contributed by atoms with Gasteiger partial charge in [-0.1, -0.05) is 291 Å². The molecule has 0 saturated carbocycles. The van der Waals surface area contributed by atoms with Crippen LogP contribution in [0.3, 0.4) is 0 Å². The third kappa shape index (κ3) is 8.81. The molecular weight excluding hydrogens is 1010 g/mol. The van der Waals surface area contributed by atoms with Crippen molar-refractivity contribution in [2.24, 2.45) is 0 Å². The third-order valence-corrected chi connectivity index (χ3v) is 17.4. The molecule has 0 spiro atoms. The summed E-state index contributed by atoms with van der Waals surface area (Å²) >= 11 is 0. The highest BCUT2D eigenvalue weighted by molar-refractivity contribution is 6.15. The lowest BCUT2D eigenvalue weighted by atomic mass is 9.90. The van der Waals surface area contributed by atoms with Crippen LogP contribution in [-0.4, -0.2) is 0 Å². The maximum absolute atomic E-state index is 2.36. The second kappa shape index (κ2) is 20.6. The topological polar surface area (TPSA) is 0 Å². The summed E-state index contributed by atoms with van der Waals surface area (Å²) in [6.45, 7) is 0. The molecule has 0 saturated heterocycles. The van der Waals surface area contributed by atoms with Gasteiger partial charge in [0.15, 0.2) is 0 Å². The minimum Gasteiger partial charge on any atom is -0.0616 e. The van der Waals surface area contributed by atoms with Crippen molar-refractivity contribution in [1.82, 2.24) is 0 Å². The first-order chi connectivity index (χ1) is 41.6. The van der Waals surface area contributed by atoms with Crippen LogP contribution in [0.4, 0.5) is 0 Å². The fourth-order valence-electron chi connectivity index (χ4n) is 13.2. The molecule has 0 atom stereocenters. The van der Waals surface area contributed by atoms with Gasteiger partial charge in [0.25, 0.3) is 0 Å². The Balaban J connectivity index is 0.728. The van der Waals surface area contributed by atoms with Crippen LogP contribution >= 0.6 is 0 Å². The zero-order valence-corrected chi connectivity index (χ0v) is 46.2. The molecule has 0 fully saturated rings. The third-order valence-electron chi connectivity index (χ3n) is 17.4. The van der Waals surface area contributed by atoms with Gasteiger partial charge < -0.3 is 0 Å². The normalized spacial score (nSPS) is 11.6. The molecule has 0 aliphatic carbocycles. The van der Waals surface area contributed by atoms with E-state index in [1.54, 1.807) is 0 Å². The summed E-state index contributed by atoms with van der Waals surface area (Å²) in [6, 6.07) is 121. The van der Waals surface area contributed by atoms with Crippen molar-refractivity contribution in [1.29, 1.82) is 0 Å². The van der Waals surface area contributed by atoms with E-state index >= 15 is 0 Å². The summed E-state index contributed by atoms with van der Waals surface area (Å²) in [4.78, 5) is 0. The molecular formula is C84H54. The van der Waals surface area contributed by atoms with Gasteiger partial charge in [-0.3, -0.25) is 0 Å². The molecule has 16 rings (SSSR count). The first-order valence-electron chi connectivity index (χ1n) is 29.1. The van der Waals surface area contributed by atoms with E-state index in [4.69, 9.17) is 0 Å². The lowest BCUT2D eigenvalue weighted by Gasteiger charge is -2.14. The molecule has 16 aromatic carbocycles. The Kier molecular flexibility index (Phi) is 12.0. The largest absolute Gasteiger partial charge is 0.0616 e. The molecule has 0 heterocycles. The molecule has 16 aromatic rings. The molecule has 0 unspecified atom stereocenters. The predicted octanol–water partition coefficient (Wildman–Crippen LogP) is 23.6. The average molecular weight is 1060 g/mol. The fourth-order valence-corrected chi connectivity index (χ4v) is 13.2. The zero-order valence-electron chi connectivity index (χ0n) is 46.2. The van der Waals surface area contributed by atoms with Gasteiger partial charge in [0, 0.05) is 0 Å². The summed E-state index contributed by atoms with van der Waals surface area (Å²) in [6.07, 6.45) is 0. The summed E-state index contributed by atoms with van der Waals surface area (Å²) < 4.78 is 0. The Morgan fingerprint density at radius 3 is 0.429 bits per heavy atom. The first-order valence-corrected chi connectivity index (χ1v) is 29.1. The van der Waals surface area contributed by atoms with E-state index in [9.17, 15) is 0 Å². The van der Waals surface area contributed by atoms with Crippen LogP contribution in [0.5, 0.6) is 0 Å². The predicted molar refractivity (Wildman–Crippen MR) is 360 cm³/mol. The van der Waals surface area contributed by atoms with Crippen molar-refractivity contribution >= 4 is 64.6 Å². The van der Waals surface area contributed by atoms with E-state index in [1.165, 1.54) is 165 Å². The van der Waals surface area contributed by atoms with Gasteiger partial charge in [0.05, 0.1) is 0 Å². The van der Waals surface area contributed by atoms with Crippen LogP contribution in [0.1, 0.15) is 0 Å². The molecule has 0 aliphatic heterocycles. The van der Waals surface area contributed by atoms with Gasteiger partial charge in [0.1, 0.15) is 0 Å². The van der Waals surface area contributed by atoms with Gasteiger partial charge in [-0.2, -0.15) is 0 Å². The smallest absolute Gasteiger partial charge is 0.00268 e. The van der Waals surface area contributed by atoms with E-state index < -0.39 is 0 Å². The van der Waals surface area contributed by atoms with E-state index in [2.05, 4.69) is 328 Å². The van der Waals surface area contributed by atoms with Crippen molar-refractivity contribution in [3.63, 3.8) is 0 Å². The lowest BCUT2D eigenvalue weighted by Crippen LogP contribution is -1.88. The number of hydrogen-bond donors (Lipinski definition) is 0. The van der Waals surface area contributed by atoms with Crippen LogP contribution in [-0.2, 0) is 0 Å². The minimum absolute atomic E-state index is 1.17. The van der Waals surface area contributed by atoms with Crippen molar-refractivity contribution in [3.05, 3.63) is 328 Å². The van der Waals surface area contributed by atoms with Crippen molar-refractivity contribution in [2.45, 2.75) is 0 Å². The average Bonchev–Trinajstić information content (AvgIpc) is 2.98. The molecule has 0 heteroatoms. The SMILES string of the molecule is c1ccc2c(-c3ccc(-c4ccc(-c5cc(-c6ccc(-c7ccc(-c8c9ccccc9cc9ccccc89)cc7)cc6)cc(-c6ccc(-c7ccc(-c8c9ccccc9cc9ccccc89)cc7)cc6)c5)cc4)cc3)c3ccccc3cc2c1. The molecule has 390 valence electrons. The van der Waals surface area contributed by atoms with Crippen molar-refractivity contribution in [3.8, 4) is 100 Å². The summed E-state index contributed by atoms with van der Waals surface area (Å²) in [7, 11) is 0. The number of benzene rings is 16. The van der Waals surface area contributed by atoms with E-state index in [0.717, 1.165) is 0 Å². The lowest BCUT2D eigenvalue weighted by molar-refractivity contribution is 1.55. The highest BCUT2D eigenvalue weighted by Crippen LogP contribution is 2.42. The van der Waals surface area contributed by atoms with Gasteiger partial charge in [-0.25, -0.2) is 0 Å². The number of fused-ring (bicyclic) bond motifs is 6. The van der Waals surface area contributed by atoms with Crippen molar-refractivity contribution < 1.29 is 0 Å². The highest BCUT2D eigenvalue weighted by atomic mass is 14.2. The van der Waals surface area contributed by atoms with Crippen LogP contribution in [0.2, 0.25) is 0 Å². The fraction of sp³-hybridized carbons (Fsp3) is 0. The maximum atomic E-state index is 2.36. The number of hydrogen-bond acceptors (Lipinski definition) is 0. The summed E-state index contributed by atoms with van der Waals surface area (Å²) in [5.41, 5.74) is 21.7. The molecule has 0 bridgehead atoms. The quantitative estimate of drug-likeness (QED) is 0.126. The molecule has 0 aliphatic rings. The van der Waals surface area contributed by atoms with Crippen LogP contribution in [0.25, 0.3) is 165 Å². The minimum atomic E-state index is 1.17. The summed E-state index contributed by atoms with van der Waals surface area (Å²) in [5, 5.41) is 15.2. The number of rotatable bonds is 9. The Labute approximate surface area is 489 Å². The Bertz CT molecular complexity index is 4470. The molecule has 0 amide bonds. The van der Waals surface area contributed by atoms with Crippen LogP contribution in [0.15, 0.2) is 328 Å². The Hall–Kier alpha value is -10.9. The second-order valence-electron chi connectivity index (χ2n) is 22.3. The van der Waals surface area contributed by atoms with Crippen LogP contribution in [0, 0.1) is 0 Å². The van der Waals surface area contributed by atoms with E-state index in [1.807, 2.05) is 0 Å². The summed E-state index contributed by atoms with van der Waals surface area (Å²) in [5.74, 6) is 0. The van der Waals surface area contributed by atoms with Crippen LogP contribution < -0.4 is 0 Å². The second-order valence-corrected chi connectivity index (χ2v) is 22.3. The van der Waals surface area contributed by atoms with Gasteiger partial charge in [-0.05, 0) is 201 Å². The van der Waals surface area contributed by atoms with Gasteiger partial charge in [0.2, 0.25) is 0 Å². The molecule has 0 N–H and O–H groups in total. The molecule has 0 radical (unpaired) electrons. The van der Waals surface area contributed by atoms with E-state index in [-0.39, 0.29) is 0 Å². The van der Waals surface area contributed by atoms with Crippen molar-refractivity contribution in [2.75, 3.05) is 0 Å².